The van der Waals surface area contributed by atoms with Crippen molar-refractivity contribution >= 4 is 5.96 Å². The molecular weight excluding hydrogens is 298 g/mol. The third-order valence-electron chi connectivity index (χ3n) is 3.27. The van der Waals surface area contributed by atoms with Gasteiger partial charge in [-0.05, 0) is 13.3 Å². The van der Waals surface area contributed by atoms with E-state index >= 15 is 0 Å². The molecule has 0 aliphatic carbocycles. The SMILES string of the molecule is COCC(C)NC(N)=NCCc1c(OC)cc(OC)cc1OC. The van der Waals surface area contributed by atoms with Crippen LogP contribution >= 0.6 is 0 Å². The molecule has 0 fully saturated rings. The van der Waals surface area contributed by atoms with Gasteiger partial charge >= 0.3 is 0 Å². The first-order valence-corrected chi connectivity index (χ1v) is 7.40. The van der Waals surface area contributed by atoms with Gasteiger partial charge in [0.25, 0.3) is 0 Å². The van der Waals surface area contributed by atoms with Crippen molar-refractivity contribution in [1.82, 2.24) is 5.32 Å². The lowest BCUT2D eigenvalue weighted by atomic mass is 10.1. The number of guanidine groups is 1. The van der Waals surface area contributed by atoms with E-state index in [2.05, 4.69) is 10.3 Å². The minimum atomic E-state index is 0.105. The Labute approximate surface area is 137 Å². The Morgan fingerprint density at radius 3 is 2.22 bits per heavy atom. The van der Waals surface area contributed by atoms with E-state index in [1.165, 1.54) is 0 Å². The van der Waals surface area contributed by atoms with Crippen molar-refractivity contribution in [2.24, 2.45) is 10.7 Å². The van der Waals surface area contributed by atoms with Crippen LogP contribution in [0, 0.1) is 0 Å². The first-order chi connectivity index (χ1) is 11.0. The van der Waals surface area contributed by atoms with Crippen LogP contribution in [0.1, 0.15) is 12.5 Å². The van der Waals surface area contributed by atoms with Gasteiger partial charge in [-0.3, -0.25) is 4.99 Å². The molecule has 7 nitrogen and oxygen atoms in total. The Hall–Kier alpha value is -2.15. The number of ether oxygens (including phenoxy) is 4. The van der Waals surface area contributed by atoms with Crippen molar-refractivity contribution in [2.75, 3.05) is 41.6 Å². The van der Waals surface area contributed by atoms with Gasteiger partial charge in [0.15, 0.2) is 5.96 Å². The minimum Gasteiger partial charge on any atom is -0.496 e. The van der Waals surface area contributed by atoms with E-state index in [1.54, 1.807) is 28.4 Å². The normalized spacial score (nSPS) is 12.7. The average molecular weight is 325 g/mol. The number of aliphatic imine (C=N–C) groups is 1. The monoisotopic (exact) mass is 325 g/mol. The number of benzene rings is 1. The maximum absolute atomic E-state index is 5.86. The number of nitrogens with two attached hydrogens (primary N) is 1. The van der Waals surface area contributed by atoms with Gasteiger partial charge in [0.2, 0.25) is 0 Å². The molecule has 0 aliphatic rings. The summed E-state index contributed by atoms with van der Waals surface area (Å²) < 4.78 is 21.1. The smallest absolute Gasteiger partial charge is 0.188 e. The molecule has 0 bridgehead atoms. The quantitative estimate of drug-likeness (QED) is 0.524. The number of hydrogen-bond acceptors (Lipinski definition) is 5. The van der Waals surface area contributed by atoms with Crippen molar-refractivity contribution in [1.29, 1.82) is 0 Å². The number of rotatable bonds is 9. The van der Waals surface area contributed by atoms with Gasteiger partial charge in [-0.2, -0.15) is 0 Å². The highest BCUT2D eigenvalue weighted by Gasteiger charge is 2.13. The molecule has 3 N–H and O–H groups in total. The van der Waals surface area contributed by atoms with Gasteiger partial charge < -0.3 is 30.0 Å². The predicted octanol–water partition coefficient (Wildman–Crippen LogP) is 1.19. The van der Waals surface area contributed by atoms with Crippen LogP contribution < -0.4 is 25.3 Å². The highest BCUT2D eigenvalue weighted by Crippen LogP contribution is 2.34. The molecule has 1 atom stereocenters. The fraction of sp³-hybridized carbons (Fsp3) is 0.562. The largest absolute Gasteiger partial charge is 0.496 e. The number of nitrogens with one attached hydrogen (secondary N) is 1. The molecular formula is C16H27N3O4. The van der Waals surface area contributed by atoms with Crippen LogP contribution in [0.2, 0.25) is 0 Å². The topological polar surface area (TPSA) is 87.3 Å². The minimum absolute atomic E-state index is 0.105. The molecule has 0 aromatic heterocycles. The van der Waals surface area contributed by atoms with Gasteiger partial charge in [-0.1, -0.05) is 0 Å². The molecule has 0 amide bonds. The first-order valence-electron chi connectivity index (χ1n) is 7.40. The third kappa shape index (κ3) is 5.86. The second-order valence-corrected chi connectivity index (χ2v) is 5.03. The molecule has 23 heavy (non-hydrogen) atoms. The fourth-order valence-corrected chi connectivity index (χ4v) is 2.20. The summed E-state index contributed by atoms with van der Waals surface area (Å²) in [6, 6.07) is 3.75. The van der Waals surface area contributed by atoms with Gasteiger partial charge in [0.1, 0.15) is 17.2 Å². The van der Waals surface area contributed by atoms with Crippen molar-refractivity contribution < 1.29 is 18.9 Å². The van der Waals surface area contributed by atoms with Crippen LogP contribution in [0.15, 0.2) is 17.1 Å². The predicted molar refractivity (Wildman–Crippen MR) is 90.8 cm³/mol. The van der Waals surface area contributed by atoms with E-state index < -0.39 is 0 Å². The molecule has 0 saturated carbocycles. The summed E-state index contributed by atoms with van der Waals surface area (Å²) in [5.41, 5.74) is 6.78. The zero-order valence-corrected chi connectivity index (χ0v) is 14.5. The van der Waals surface area contributed by atoms with Gasteiger partial charge in [0.05, 0.1) is 27.9 Å². The molecule has 0 radical (unpaired) electrons. The van der Waals surface area contributed by atoms with Crippen molar-refractivity contribution in [2.45, 2.75) is 19.4 Å². The highest BCUT2D eigenvalue weighted by atomic mass is 16.5. The van der Waals surface area contributed by atoms with Crippen LogP contribution in [-0.4, -0.2) is 53.6 Å². The maximum atomic E-state index is 5.86. The highest BCUT2D eigenvalue weighted by molar-refractivity contribution is 5.78. The van der Waals surface area contributed by atoms with Gasteiger partial charge in [-0.15, -0.1) is 0 Å². The lowest BCUT2D eigenvalue weighted by molar-refractivity contribution is 0.179. The Balaban J connectivity index is 2.76. The summed E-state index contributed by atoms with van der Waals surface area (Å²) >= 11 is 0. The second kappa shape index (κ2) is 9.78. The summed E-state index contributed by atoms with van der Waals surface area (Å²) in [4.78, 5) is 4.32. The second-order valence-electron chi connectivity index (χ2n) is 5.03. The van der Waals surface area contributed by atoms with E-state index in [1.807, 2.05) is 19.1 Å². The van der Waals surface area contributed by atoms with E-state index in [4.69, 9.17) is 24.7 Å². The Bertz CT molecular complexity index is 495. The Morgan fingerprint density at radius 2 is 1.74 bits per heavy atom. The standard InChI is InChI=1S/C16H27N3O4/c1-11(10-20-2)19-16(17)18-7-6-13-14(22-4)8-12(21-3)9-15(13)23-5/h8-9,11H,6-7,10H2,1-5H3,(H3,17,18,19). The Morgan fingerprint density at radius 1 is 1.13 bits per heavy atom. The van der Waals surface area contributed by atoms with Crippen LogP contribution in [0.3, 0.4) is 0 Å². The van der Waals surface area contributed by atoms with Crippen molar-refractivity contribution in [3.63, 3.8) is 0 Å². The molecule has 0 aliphatic heterocycles. The van der Waals surface area contributed by atoms with E-state index in [0.717, 1.165) is 5.56 Å². The van der Waals surface area contributed by atoms with E-state index in [-0.39, 0.29) is 6.04 Å². The van der Waals surface area contributed by atoms with Crippen LogP contribution in [0.5, 0.6) is 17.2 Å². The summed E-state index contributed by atoms with van der Waals surface area (Å²) in [5, 5.41) is 3.06. The number of hydrogen-bond donors (Lipinski definition) is 2. The van der Waals surface area contributed by atoms with Crippen LogP contribution in [0.4, 0.5) is 0 Å². The van der Waals surface area contributed by atoms with E-state index in [9.17, 15) is 0 Å². The Kier molecular flexibility index (Phi) is 8.04. The summed E-state index contributed by atoms with van der Waals surface area (Å²) in [5.74, 6) is 2.48. The molecule has 1 unspecified atom stereocenters. The molecule has 0 spiro atoms. The average Bonchev–Trinajstić information content (AvgIpc) is 2.54. The lowest BCUT2D eigenvalue weighted by Gasteiger charge is -2.15. The fourth-order valence-electron chi connectivity index (χ4n) is 2.20. The molecule has 0 saturated heterocycles. The summed E-state index contributed by atoms with van der Waals surface area (Å²) in [7, 11) is 6.48. The molecule has 130 valence electrons. The molecule has 1 aromatic carbocycles. The zero-order chi connectivity index (χ0) is 17.2. The molecule has 1 rings (SSSR count). The van der Waals surface area contributed by atoms with Gasteiger partial charge in [0, 0.05) is 37.4 Å². The van der Waals surface area contributed by atoms with Gasteiger partial charge in [-0.25, -0.2) is 0 Å². The first kappa shape index (κ1) is 18.9. The molecule has 7 heteroatoms. The van der Waals surface area contributed by atoms with Crippen LogP contribution in [0.25, 0.3) is 0 Å². The maximum Gasteiger partial charge on any atom is 0.188 e. The third-order valence-corrected chi connectivity index (χ3v) is 3.27. The number of nitrogens with zero attached hydrogens (tertiary/aromatic N) is 1. The summed E-state index contributed by atoms with van der Waals surface area (Å²) in [6.07, 6.45) is 0.636. The van der Waals surface area contributed by atoms with Crippen molar-refractivity contribution in [3.05, 3.63) is 17.7 Å². The lowest BCUT2D eigenvalue weighted by Crippen LogP contribution is -2.40. The van der Waals surface area contributed by atoms with E-state index in [0.29, 0.717) is 42.8 Å². The van der Waals surface area contributed by atoms with Crippen LogP contribution in [-0.2, 0) is 11.2 Å². The molecule has 1 aromatic rings. The zero-order valence-electron chi connectivity index (χ0n) is 14.5. The van der Waals surface area contributed by atoms with Crippen molar-refractivity contribution in [3.8, 4) is 17.2 Å². The number of methoxy groups -OCH3 is 4. The summed E-state index contributed by atoms with van der Waals surface area (Å²) in [6.45, 7) is 3.05. The molecule has 0 heterocycles.